The molecule has 2 aromatic rings. The number of esters is 1. The van der Waals surface area contributed by atoms with Crippen LogP contribution in [0.15, 0.2) is 54.6 Å². The highest BCUT2D eigenvalue weighted by Gasteiger charge is 2.23. The molecule has 0 bridgehead atoms. The van der Waals surface area contributed by atoms with Crippen molar-refractivity contribution in [3.63, 3.8) is 0 Å². The van der Waals surface area contributed by atoms with Gasteiger partial charge < -0.3 is 19.9 Å². The topological polar surface area (TPSA) is 84.9 Å². The van der Waals surface area contributed by atoms with Crippen LogP contribution in [0.1, 0.15) is 18.1 Å². The van der Waals surface area contributed by atoms with Crippen molar-refractivity contribution in [1.82, 2.24) is 5.32 Å². The van der Waals surface area contributed by atoms with Crippen LogP contribution in [0.3, 0.4) is 0 Å². The monoisotopic (exact) mass is 343 g/mol. The third kappa shape index (κ3) is 6.18. The van der Waals surface area contributed by atoms with Crippen LogP contribution in [0.5, 0.6) is 5.75 Å². The van der Waals surface area contributed by atoms with E-state index in [1.165, 1.54) is 12.1 Å². The molecule has 0 saturated carbocycles. The molecule has 0 aromatic heterocycles. The molecule has 6 nitrogen and oxygen atoms in total. The molecule has 0 unspecified atom stereocenters. The molecule has 0 heterocycles. The summed E-state index contributed by atoms with van der Waals surface area (Å²) in [5.41, 5.74) is 1.63. The van der Waals surface area contributed by atoms with Crippen molar-refractivity contribution >= 4 is 12.1 Å². The number of aromatic hydroxyl groups is 1. The van der Waals surface area contributed by atoms with Gasteiger partial charge in [-0.3, -0.25) is 0 Å². The maximum absolute atomic E-state index is 12.1. The summed E-state index contributed by atoms with van der Waals surface area (Å²) in [5.74, 6) is -0.404. The highest BCUT2D eigenvalue weighted by molar-refractivity contribution is 5.81. The standard InChI is InChI=1S/C19H21NO5/c1-2-24-18(22)17(12-14-8-10-16(21)11-9-14)20-19(23)25-13-15-6-4-3-5-7-15/h3-11,17,21H,2,12-13H2,1H3,(H,20,23)/t17-/m0/s1. The first-order valence-corrected chi connectivity index (χ1v) is 8.00. The zero-order chi connectivity index (χ0) is 18.1. The van der Waals surface area contributed by atoms with Gasteiger partial charge in [-0.25, -0.2) is 9.59 Å². The van der Waals surface area contributed by atoms with Crippen LogP contribution < -0.4 is 5.32 Å². The molecule has 0 aliphatic heterocycles. The van der Waals surface area contributed by atoms with E-state index in [2.05, 4.69) is 5.32 Å². The van der Waals surface area contributed by atoms with Gasteiger partial charge in [0, 0.05) is 6.42 Å². The van der Waals surface area contributed by atoms with Crippen LogP contribution in [-0.2, 0) is 27.3 Å². The molecule has 0 saturated heterocycles. The first kappa shape index (κ1) is 18.3. The predicted octanol–water partition coefficient (Wildman–Crippen LogP) is 2.79. The smallest absolute Gasteiger partial charge is 0.408 e. The Balaban J connectivity index is 1.96. The zero-order valence-electron chi connectivity index (χ0n) is 14.0. The third-order valence-electron chi connectivity index (χ3n) is 3.45. The highest BCUT2D eigenvalue weighted by atomic mass is 16.6. The molecule has 25 heavy (non-hydrogen) atoms. The van der Waals surface area contributed by atoms with Gasteiger partial charge in [-0.15, -0.1) is 0 Å². The van der Waals surface area contributed by atoms with Crippen LogP contribution in [0.2, 0.25) is 0 Å². The van der Waals surface area contributed by atoms with Crippen molar-refractivity contribution < 1.29 is 24.2 Å². The average molecular weight is 343 g/mol. The predicted molar refractivity (Wildman–Crippen MR) is 92.0 cm³/mol. The lowest BCUT2D eigenvalue weighted by molar-refractivity contribution is -0.145. The molecule has 0 fully saturated rings. The van der Waals surface area contributed by atoms with Gasteiger partial charge in [0.25, 0.3) is 0 Å². The summed E-state index contributed by atoms with van der Waals surface area (Å²) in [6.45, 7) is 2.02. The molecule has 0 spiro atoms. The van der Waals surface area contributed by atoms with Crippen molar-refractivity contribution in [2.24, 2.45) is 0 Å². The van der Waals surface area contributed by atoms with E-state index < -0.39 is 18.1 Å². The molecule has 1 amide bonds. The van der Waals surface area contributed by atoms with E-state index >= 15 is 0 Å². The minimum absolute atomic E-state index is 0.113. The Morgan fingerprint density at radius 2 is 1.68 bits per heavy atom. The van der Waals surface area contributed by atoms with E-state index in [1.54, 1.807) is 19.1 Å². The van der Waals surface area contributed by atoms with Gasteiger partial charge in [0.15, 0.2) is 0 Å². The molecule has 0 aliphatic carbocycles. The van der Waals surface area contributed by atoms with Gasteiger partial charge in [0.05, 0.1) is 6.61 Å². The number of phenols is 1. The van der Waals surface area contributed by atoms with Gasteiger partial charge in [0.1, 0.15) is 18.4 Å². The van der Waals surface area contributed by atoms with Gasteiger partial charge in [-0.05, 0) is 30.2 Å². The number of rotatable bonds is 7. The lowest BCUT2D eigenvalue weighted by atomic mass is 10.1. The average Bonchev–Trinajstić information content (AvgIpc) is 2.62. The number of alkyl carbamates (subject to hydrolysis) is 1. The fourth-order valence-corrected chi connectivity index (χ4v) is 2.21. The lowest BCUT2D eigenvalue weighted by Gasteiger charge is -2.17. The zero-order valence-corrected chi connectivity index (χ0v) is 14.0. The number of ether oxygens (including phenoxy) is 2. The molecule has 0 aliphatic rings. The second-order valence-electron chi connectivity index (χ2n) is 5.38. The Kier molecular flexibility index (Phi) is 6.83. The maximum Gasteiger partial charge on any atom is 0.408 e. The van der Waals surface area contributed by atoms with E-state index in [0.717, 1.165) is 11.1 Å². The minimum atomic E-state index is -0.868. The largest absolute Gasteiger partial charge is 0.508 e. The summed E-state index contributed by atoms with van der Waals surface area (Å²) in [7, 11) is 0. The van der Waals surface area contributed by atoms with Gasteiger partial charge in [0.2, 0.25) is 0 Å². The molecule has 1 atom stereocenters. The van der Waals surface area contributed by atoms with Gasteiger partial charge in [-0.2, -0.15) is 0 Å². The first-order valence-electron chi connectivity index (χ1n) is 8.00. The molecule has 2 rings (SSSR count). The van der Waals surface area contributed by atoms with Crippen LogP contribution in [0.4, 0.5) is 4.79 Å². The Morgan fingerprint density at radius 3 is 2.32 bits per heavy atom. The summed E-state index contributed by atoms with van der Waals surface area (Å²) in [6, 6.07) is 14.8. The van der Waals surface area contributed by atoms with E-state index in [1.807, 2.05) is 30.3 Å². The van der Waals surface area contributed by atoms with Crippen LogP contribution in [0.25, 0.3) is 0 Å². The Hall–Kier alpha value is -3.02. The molecular weight excluding hydrogens is 322 g/mol. The van der Waals surface area contributed by atoms with Crippen molar-refractivity contribution in [3.05, 3.63) is 65.7 Å². The van der Waals surface area contributed by atoms with Crippen molar-refractivity contribution in [1.29, 1.82) is 0 Å². The van der Waals surface area contributed by atoms with Gasteiger partial charge in [-0.1, -0.05) is 42.5 Å². The lowest BCUT2D eigenvalue weighted by Crippen LogP contribution is -2.43. The maximum atomic E-state index is 12.1. The minimum Gasteiger partial charge on any atom is -0.508 e. The van der Waals surface area contributed by atoms with Gasteiger partial charge >= 0.3 is 12.1 Å². The second-order valence-corrected chi connectivity index (χ2v) is 5.38. The van der Waals surface area contributed by atoms with E-state index in [0.29, 0.717) is 0 Å². The van der Waals surface area contributed by atoms with E-state index in [9.17, 15) is 14.7 Å². The van der Waals surface area contributed by atoms with Crippen molar-refractivity contribution in [2.75, 3.05) is 6.61 Å². The molecular formula is C19H21NO5. The Bertz CT molecular complexity index is 685. The number of hydrogen-bond acceptors (Lipinski definition) is 5. The second kappa shape index (κ2) is 9.32. The molecule has 0 radical (unpaired) electrons. The summed E-state index contributed by atoms with van der Waals surface area (Å²) in [5, 5.41) is 11.9. The molecule has 2 N–H and O–H groups in total. The summed E-state index contributed by atoms with van der Waals surface area (Å²) < 4.78 is 10.2. The first-order chi connectivity index (χ1) is 12.1. The Labute approximate surface area is 146 Å². The SMILES string of the molecule is CCOC(=O)[C@H](Cc1ccc(O)cc1)NC(=O)OCc1ccccc1. The normalized spacial score (nSPS) is 11.4. The summed E-state index contributed by atoms with van der Waals surface area (Å²) in [4.78, 5) is 24.1. The van der Waals surface area contributed by atoms with Crippen molar-refractivity contribution in [3.8, 4) is 5.75 Å². The fourth-order valence-electron chi connectivity index (χ4n) is 2.21. The Morgan fingerprint density at radius 1 is 1.00 bits per heavy atom. The number of amides is 1. The van der Waals surface area contributed by atoms with Crippen LogP contribution in [0, 0.1) is 0 Å². The summed E-state index contributed by atoms with van der Waals surface area (Å²) >= 11 is 0. The van der Waals surface area contributed by atoms with E-state index in [4.69, 9.17) is 9.47 Å². The van der Waals surface area contributed by atoms with Crippen molar-refractivity contribution in [2.45, 2.75) is 26.0 Å². The molecule has 6 heteroatoms. The number of carbonyl (C=O) groups excluding carboxylic acids is 2. The number of benzene rings is 2. The van der Waals surface area contributed by atoms with Crippen LogP contribution >= 0.6 is 0 Å². The highest BCUT2D eigenvalue weighted by Crippen LogP contribution is 2.12. The third-order valence-corrected chi connectivity index (χ3v) is 3.45. The van der Waals surface area contributed by atoms with E-state index in [-0.39, 0.29) is 25.4 Å². The summed E-state index contributed by atoms with van der Waals surface area (Å²) in [6.07, 6.45) is -0.458. The quantitative estimate of drug-likeness (QED) is 0.755. The number of hydrogen-bond donors (Lipinski definition) is 2. The molecule has 2 aromatic carbocycles. The fraction of sp³-hybridized carbons (Fsp3) is 0.263. The number of phenolic OH excluding ortho intramolecular Hbond substituents is 1. The number of carbonyl (C=O) groups is 2. The number of nitrogens with one attached hydrogen (secondary N) is 1. The molecule has 132 valence electrons. The van der Waals surface area contributed by atoms with Crippen LogP contribution in [-0.4, -0.2) is 29.8 Å².